The van der Waals surface area contributed by atoms with Crippen molar-refractivity contribution in [1.82, 2.24) is 9.80 Å². The number of hydrogen-bond acceptors (Lipinski definition) is 5. The number of hydrogen-bond donors (Lipinski definition) is 1. The second-order valence-electron chi connectivity index (χ2n) is 6.29. The summed E-state index contributed by atoms with van der Waals surface area (Å²) < 4.78 is 0. The molecule has 3 rings (SSSR count). The number of nitrogens with zero attached hydrogens (tertiary/aromatic N) is 3. The molecule has 1 N–H and O–H groups in total. The summed E-state index contributed by atoms with van der Waals surface area (Å²) in [6.07, 6.45) is 0.825. The molecule has 0 atom stereocenters. The number of carbonyl (C=O) groups is 2. The molecule has 1 aliphatic heterocycles. The smallest absolute Gasteiger partial charge is 0.254 e. The van der Waals surface area contributed by atoms with E-state index < -0.39 is 0 Å². The van der Waals surface area contributed by atoms with E-state index in [0.29, 0.717) is 35.9 Å². The maximum absolute atomic E-state index is 12.5. The highest BCUT2D eigenvalue weighted by Crippen LogP contribution is 2.20. The molecule has 2 aromatic rings. The van der Waals surface area contributed by atoms with E-state index >= 15 is 0 Å². The summed E-state index contributed by atoms with van der Waals surface area (Å²) in [5.74, 6) is -0.0943. The molecule has 27 heavy (non-hydrogen) atoms. The van der Waals surface area contributed by atoms with Crippen molar-refractivity contribution in [2.45, 2.75) is 6.42 Å². The lowest BCUT2D eigenvalue weighted by Crippen LogP contribution is -2.37. The minimum absolute atomic E-state index is 0.0507. The van der Waals surface area contributed by atoms with Gasteiger partial charge in [0.2, 0.25) is 5.91 Å². The summed E-state index contributed by atoms with van der Waals surface area (Å²) in [6, 6.07) is 8.64. The fraction of sp³-hybridized carbons (Fsp3) is 0.316. The van der Waals surface area contributed by atoms with Crippen molar-refractivity contribution in [3.8, 4) is 6.07 Å². The standard InChI is InChI=1S/C19H19ClN4O2S/c20-17-10-16(3-2-14(17)11-21)22-18(25)12-23-5-1-6-24(8-7-23)19(26)15-4-9-27-13-15/h2-4,9-10,13H,1,5-8,12H2,(H,22,25). The van der Waals surface area contributed by atoms with Crippen LogP contribution in [0.1, 0.15) is 22.3 Å². The Balaban J connectivity index is 1.52. The molecule has 1 aromatic heterocycles. The lowest BCUT2D eigenvalue weighted by atomic mass is 10.2. The Morgan fingerprint density at radius 2 is 2.07 bits per heavy atom. The van der Waals surface area contributed by atoms with Gasteiger partial charge in [-0.3, -0.25) is 14.5 Å². The molecular formula is C19H19ClN4O2S. The third kappa shape index (κ3) is 5.07. The first-order valence-corrected chi connectivity index (χ1v) is 9.92. The van der Waals surface area contributed by atoms with Crippen molar-refractivity contribution < 1.29 is 9.59 Å². The Hall–Kier alpha value is -2.40. The van der Waals surface area contributed by atoms with Crippen molar-refractivity contribution in [3.05, 3.63) is 51.2 Å². The monoisotopic (exact) mass is 402 g/mol. The molecule has 2 heterocycles. The number of anilines is 1. The quantitative estimate of drug-likeness (QED) is 0.852. The van der Waals surface area contributed by atoms with Crippen LogP contribution in [0, 0.1) is 11.3 Å². The van der Waals surface area contributed by atoms with Crippen LogP contribution in [-0.4, -0.2) is 54.3 Å². The summed E-state index contributed by atoms with van der Waals surface area (Å²) in [5, 5.41) is 15.8. The molecule has 0 radical (unpaired) electrons. The van der Waals surface area contributed by atoms with Crippen LogP contribution in [0.3, 0.4) is 0 Å². The third-order valence-corrected chi connectivity index (χ3v) is 5.38. The van der Waals surface area contributed by atoms with Crippen LogP contribution >= 0.6 is 22.9 Å². The summed E-state index contributed by atoms with van der Waals surface area (Å²) in [6.45, 7) is 2.95. The number of amides is 2. The Labute approximate surface area is 166 Å². The highest BCUT2D eigenvalue weighted by Gasteiger charge is 2.21. The molecule has 1 saturated heterocycles. The van der Waals surface area contributed by atoms with Gasteiger partial charge in [-0.2, -0.15) is 16.6 Å². The topological polar surface area (TPSA) is 76.4 Å². The number of carbonyl (C=O) groups excluding carboxylic acids is 2. The molecule has 8 heteroatoms. The highest BCUT2D eigenvalue weighted by molar-refractivity contribution is 7.08. The van der Waals surface area contributed by atoms with Gasteiger partial charge in [-0.1, -0.05) is 11.6 Å². The van der Waals surface area contributed by atoms with Crippen LogP contribution in [0.5, 0.6) is 0 Å². The first-order valence-electron chi connectivity index (χ1n) is 8.60. The molecule has 0 spiro atoms. The fourth-order valence-electron chi connectivity index (χ4n) is 2.99. The van der Waals surface area contributed by atoms with Gasteiger partial charge in [0.25, 0.3) is 5.91 Å². The second kappa shape index (κ2) is 9.00. The number of halogens is 1. The van der Waals surface area contributed by atoms with E-state index in [2.05, 4.69) is 5.32 Å². The van der Waals surface area contributed by atoms with Crippen LogP contribution in [0.2, 0.25) is 5.02 Å². The zero-order valence-corrected chi connectivity index (χ0v) is 16.2. The zero-order valence-electron chi connectivity index (χ0n) is 14.7. The van der Waals surface area contributed by atoms with E-state index in [1.54, 1.807) is 18.2 Å². The Morgan fingerprint density at radius 3 is 2.78 bits per heavy atom. The summed E-state index contributed by atoms with van der Waals surface area (Å²) in [5.41, 5.74) is 1.66. The molecule has 0 bridgehead atoms. The minimum Gasteiger partial charge on any atom is -0.337 e. The molecule has 0 aliphatic carbocycles. The van der Waals surface area contributed by atoms with Crippen LogP contribution in [0.25, 0.3) is 0 Å². The van der Waals surface area contributed by atoms with Gasteiger partial charge in [0, 0.05) is 37.2 Å². The lowest BCUT2D eigenvalue weighted by molar-refractivity contribution is -0.117. The number of nitrogens with one attached hydrogen (secondary N) is 1. The van der Waals surface area contributed by atoms with Gasteiger partial charge >= 0.3 is 0 Å². The number of benzene rings is 1. The van der Waals surface area contributed by atoms with Crippen molar-refractivity contribution >= 4 is 40.4 Å². The van der Waals surface area contributed by atoms with E-state index in [4.69, 9.17) is 16.9 Å². The van der Waals surface area contributed by atoms with E-state index in [9.17, 15) is 9.59 Å². The molecule has 6 nitrogen and oxygen atoms in total. The first kappa shape index (κ1) is 19.4. The Bertz CT molecular complexity index is 863. The molecule has 0 saturated carbocycles. The van der Waals surface area contributed by atoms with Gasteiger partial charge in [-0.25, -0.2) is 0 Å². The van der Waals surface area contributed by atoms with Crippen LogP contribution in [0.15, 0.2) is 35.0 Å². The van der Waals surface area contributed by atoms with Gasteiger partial charge in [0.15, 0.2) is 0 Å². The zero-order chi connectivity index (χ0) is 19.2. The molecule has 1 fully saturated rings. The minimum atomic E-state index is -0.145. The van der Waals surface area contributed by atoms with E-state index in [1.165, 1.54) is 11.3 Å². The molecule has 2 amide bonds. The second-order valence-corrected chi connectivity index (χ2v) is 7.48. The number of nitriles is 1. The van der Waals surface area contributed by atoms with Crippen LogP contribution in [-0.2, 0) is 4.79 Å². The first-order chi connectivity index (χ1) is 13.1. The average molecular weight is 403 g/mol. The van der Waals surface area contributed by atoms with Crippen molar-refractivity contribution in [2.75, 3.05) is 38.0 Å². The van der Waals surface area contributed by atoms with Gasteiger partial charge in [-0.15, -0.1) is 0 Å². The predicted octanol–water partition coefficient (Wildman–Crippen LogP) is 3.06. The summed E-state index contributed by atoms with van der Waals surface area (Å²) >= 11 is 7.51. The third-order valence-electron chi connectivity index (χ3n) is 4.38. The van der Waals surface area contributed by atoms with E-state index in [1.807, 2.05) is 32.7 Å². The number of thiophene rings is 1. The number of rotatable bonds is 4. The van der Waals surface area contributed by atoms with Crippen molar-refractivity contribution in [3.63, 3.8) is 0 Å². The Kier molecular flexibility index (Phi) is 6.45. The maximum atomic E-state index is 12.5. The van der Waals surface area contributed by atoms with Crippen LogP contribution in [0.4, 0.5) is 5.69 Å². The molecule has 1 aliphatic rings. The summed E-state index contributed by atoms with van der Waals surface area (Å²) in [4.78, 5) is 28.7. The predicted molar refractivity (Wildman–Crippen MR) is 106 cm³/mol. The van der Waals surface area contributed by atoms with Crippen molar-refractivity contribution in [2.24, 2.45) is 0 Å². The van der Waals surface area contributed by atoms with Crippen LogP contribution < -0.4 is 5.32 Å². The molecule has 140 valence electrons. The Morgan fingerprint density at radius 1 is 1.22 bits per heavy atom. The lowest BCUT2D eigenvalue weighted by Gasteiger charge is -2.21. The maximum Gasteiger partial charge on any atom is 0.254 e. The van der Waals surface area contributed by atoms with Gasteiger partial charge < -0.3 is 10.2 Å². The normalized spacial score (nSPS) is 15.0. The average Bonchev–Trinajstić information content (AvgIpc) is 3.09. The molecule has 0 unspecified atom stereocenters. The molecular weight excluding hydrogens is 384 g/mol. The molecule has 1 aromatic carbocycles. The van der Waals surface area contributed by atoms with Gasteiger partial charge in [-0.05, 0) is 36.1 Å². The fourth-order valence-corrected chi connectivity index (χ4v) is 3.84. The highest BCUT2D eigenvalue weighted by atomic mass is 35.5. The SMILES string of the molecule is N#Cc1ccc(NC(=O)CN2CCCN(C(=O)c3ccsc3)CC2)cc1Cl. The van der Waals surface area contributed by atoms with Crippen molar-refractivity contribution in [1.29, 1.82) is 5.26 Å². The van der Waals surface area contributed by atoms with E-state index in [0.717, 1.165) is 18.5 Å². The largest absolute Gasteiger partial charge is 0.337 e. The van der Waals surface area contributed by atoms with Gasteiger partial charge in [0.05, 0.1) is 22.7 Å². The van der Waals surface area contributed by atoms with E-state index in [-0.39, 0.29) is 18.4 Å². The summed E-state index contributed by atoms with van der Waals surface area (Å²) in [7, 11) is 0. The van der Waals surface area contributed by atoms with Gasteiger partial charge in [0.1, 0.15) is 6.07 Å².